The lowest BCUT2D eigenvalue weighted by atomic mass is 9.73. The number of nitrogens with zero attached hydrogens (tertiary/aromatic N) is 3. The largest absolute Gasteiger partial charge is 0.389 e. The molecule has 0 aliphatic carbocycles. The van der Waals surface area contributed by atoms with Crippen molar-refractivity contribution in [2.45, 2.75) is 32.5 Å². The molecule has 0 amide bonds. The van der Waals surface area contributed by atoms with Gasteiger partial charge in [-0.25, -0.2) is 0 Å². The first kappa shape index (κ1) is 18.1. The minimum Gasteiger partial charge on any atom is -0.351 e. The van der Waals surface area contributed by atoms with Crippen molar-refractivity contribution in [3.63, 3.8) is 0 Å². The number of hydrogen-bond acceptors (Lipinski definition) is 3. The van der Waals surface area contributed by atoms with Gasteiger partial charge < -0.3 is 9.88 Å². The van der Waals surface area contributed by atoms with Crippen molar-refractivity contribution in [3.05, 3.63) is 24.0 Å². The maximum atomic E-state index is 12.6. The molecule has 1 aromatic rings. The van der Waals surface area contributed by atoms with E-state index in [1.54, 1.807) is 37.0 Å². The van der Waals surface area contributed by atoms with Gasteiger partial charge in [-0.2, -0.15) is 23.7 Å². The van der Waals surface area contributed by atoms with Crippen LogP contribution in [0.15, 0.2) is 18.5 Å². The molecule has 2 atom stereocenters. The van der Waals surface area contributed by atoms with Crippen molar-refractivity contribution in [2.75, 3.05) is 13.6 Å². The Kier molecular flexibility index (Phi) is 6.01. The van der Waals surface area contributed by atoms with Crippen molar-refractivity contribution in [1.29, 1.82) is 10.5 Å². The van der Waals surface area contributed by atoms with Gasteiger partial charge in [-0.1, -0.05) is 6.92 Å². The Morgan fingerprint density at radius 2 is 2.00 bits per heavy atom. The molecule has 1 rings (SSSR count). The van der Waals surface area contributed by atoms with Crippen LogP contribution in [0.4, 0.5) is 13.2 Å². The summed E-state index contributed by atoms with van der Waals surface area (Å²) in [6.07, 6.45) is -2.40. The van der Waals surface area contributed by atoms with Crippen molar-refractivity contribution >= 4 is 0 Å². The van der Waals surface area contributed by atoms with E-state index < -0.39 is 18.0 Å². The predicted molar refractivity (Wildman–Crippen MR) is 75.6 cm³/mol. The maximum absolute atomic E-state index is 12.6. The van der Waals surface area contributed by atoms with Gasteiger partial charge in [0, 0.05) is 25.4 Å². The van der Waals surface area contributed by atoms with E-state index in [4.69, 9.17) is 5.26 Å². The Bertz CT molecular complexity index is 565. The molecule has 1 aromatic heterocycles. The van der Waals surface area contributed by atoms with E-state index in [2.05, 4.69) is 11.4 Å². The number of nitriles is 2. The Labute approximate surface area is 128 Å². The molecule has 0 fully saturated rings. The highest BCUT2D eigenvalue weighted by Crippen LogP contribution is 2.38. The summed E-state index contributed by atoms with van der Waals surface area (Å²) in [5.41, 5.74) is -0.728. The first-order chi connectivity index (χ1) is 10.3. The highest BCUT2D eigenvalue weighted by Gasteiger charge is 2.40. The molecule has 0 aromatic carbocycles. The number of nitrogens with one attached hydrogen (secondary N) is 1. The lowest BCUT2D eigenvalue weighted by Gasteiger charge is -2.33. The van der Waals surface area contributed by atoms with Crippen LogP contribution < -0.4 is 5.32 Å². The number of halogens is 3. The van der Waals surface area contributed by atoms with Crippen LogP contribution in [0.1, 0.15) is 25.3 Å². The minimum absolute atomic E-state index is 0.129. The molecular weight excluding hydrogens is 293 g/mol. The van der Waals surface area contributed by atoms with Crippen molar-refractivity contribution in [3.8, 4) is 12.1 Å². The van der Waals surface area contributed by atoms with E-state index in [9.17, 15) is 18.4 Å². The number of aromatic nitrogens is 1. The van der Waals surface area contributed by atoms with Crippen LogP contribution >= 0.6 is 0 Å². The van der Waals surface area contributed by atoms with E-state index in [1.165, 1.54) is 0 Å². The second-order valence-corrected chi connectivity index (χ2v) is 5.53. The van der Waals surface area contributed by atoms with Crippen LogP contribution in [0.2, 0.25) is 0 Å². The van der Waals surface area contributed by atoms with Gasteiger partial charge in [0.15, 0.2) is 0 Å². The summed E-state index contributed by atoms with van der Waals surface area (Å²) in [6.45, 7) is 2.34. The molecule has 0 saturated heterocycles. The van der Waals surface area contributed by atoms with Gasteiger partial charge >= 0.3 is 6.18 Å². The first-order valence-corrected chi connectivity index (χ1v) is 6.95. The van der Waals surface area contributed by atoms with E-state index in [0.29, 0.717) is 12.1 Å². The zero-order chi connectivity index (χ0) is 16.8. The third-order valence-electron chi connectivity index (χ3n) is 3.88. The van der Waals surface area contributed by atoms with Crippen LogP contribution in [-0.2, 0) is 6.54 Å². The third-order valence-corrected chi connectivity index (χ3v) is 3.88. The normalized spacial score (nSPS) is 15.6. The fraction of sp³-hybridized carbons (Fsp3) is 0.600. The van der Waals surface area contributed by atoms with Crippen molar-refractivity contribution in [1.82, 2.24) is 9.88 Å². The zero-order valence-electron chi connectivity index (χ0n) is 12.6. The van der Waals surface area contributed by atoms with Gasteiger partial charge in [0.1, 0.15) is 6.07 Å². The van der Waals surface area contributed by atoms with E-state index in [1.807, 2.05) is 6.07 Å². The Morgan fingerprint density at radius 1 is 1.32 bits per heavy atom. The summed E-state index contributed by atoms with van der Waals surface area (Å²) in [5.74, 6) is -0.266. The topological polar surface area (TPSA) is 64.5 Å². The molecule has 1 N–H and O–H groups in total. The Balaban J connectivity index is 3.03. The summed E-state index contributed by atoms with van der Waals surface area (Å²) in [5, 5.41) is 21.3. The lowest BCUT2D eigenvalue weighted by Crippen LogP contribution is -2.38. The molecule has 2 unspecified atom stereocenters. The predicted octanol–water partition coefficient (Wildman–Crippen LogP) is 3.07. The van der Waals surface area contributed by atoms with Gasteiger partial charge in [0.2, 0.25) is 0 Å². The summed E-state index contributed by atoms with van der Waals surface area (Å²) in [6, 6.07) is 5.65. The van der Waals surface area contributed by atoms with Crippen LogP contribution in [0.25, 0.3) is 0 Å². The second-order valence-electron chi connectivity index (χ2n) is 5.53. The molecule has 0 spiro atoms. The van der Waals surface area contributed by atoms with Crippen LogP contribution in [0.5, 0.6) is 0 Å². The molecule has 0 aliphatic heterocycles. The third kappa shape index (κ3) is 4.78. The molecule has 7 heteroatoms. The quantitative estimate of drug-likeness (QED) is 0.841. The summed E-state index contributed by atoms with van der Waals surface area (Å²) < 4.78 is 39.4. The smallest absolute Gasteiger partial charge is 0.351 e. The van der Waals surface area contributed by atoms with E-state index in [0.717, 1.165) is 0 Å². The average molecular weight is 312 g/mol. The lowest BCUT2D eigenvalue weighted by molar-refractivity contribution is -0.141. The van der Waals surface area contributed by atoms with Crippen LogP contribution in [0, 0.1) is 34.0 Å². The molecule has 0 radical (unpaired) electrons. The fourth-order valence-corrected chi connectivity index (χ4v) is 2.48. The number of hydrogen-bond donors (Lipinski definition) is 1. The Morgan fingerprint density at radius 3 is 2.45 bits per heavy atom. The van der Waals surface area contributed by atoms with Gasteiger partial charge in [-0.05, 0) is 32.0 Å². The molecular formula is C15H19F3N4. The van der Waals surface area contributed by atoms with E-state index in [-0.39, 0.29) is 18.9 Å². The SMILES string of the molecule is CNCC(C)C(C#N)(CCC(F)(F)F)Cn1ccc(C#N)c1. The standard InChI is InChI=1S/C15H19F3N4/c1-12(8-21-2)14(10-20,4-5-15(16,17)18)11-22-6-3-13(7-19)9-22/h3,6,9,12,21H,4-5,8,11H2,1-2H3. The molecule has 0 aliphatic rings. The highest BCUT2D eigenvalue weighted by atomic mass is 19.4. The average Bonchev–Trinajstić information content (AvgIpc) is 2.90. The van der Waals surface area contributed by atoms with Gasteiger partial charge in [0.05, 0.1) is 17.0 Å². The molecule has 120 valence electrons. The molecule has 0 bridgehead atoms. The minimum atomic E-state index is -4.30. The fourth-order valence-electron chi connectivity index (χ4n) is 2.48. The van der Waals surface area contributed by atoms with Gasteiger partial charge in [-0.3, -0.25) is 0 Å². The maximum Gasteiger partial charge on any atom is 0.389 e. The molecule has 4 nitrogen and oxygen atoms in total. The second kappa shape index (κ2) is 7.33. The van der Waals surface area contributed by atoms with Crippen molar-refractivity contribution < 1.29 is 13.2 Å². The van der Waals surface area contributed by atoms with Crippen LogP contribution in [0.3, 0.4) is 0 Å². The Hall–Kier alpha value is -1.99. The molecule has 0 saturated carbocycles. The highest BCUT2D eigenvalue weighted by molar-refractivity contribution is 5.25. The summed E-state index contributed by atoms with van der Waals surface area (Å²) >= 11 is 0. The molecule has 1 heterocycles. The first-order valence-electron chi connectivity index (χ1n) is 6.95. The van der Waals surface area contributed by atoms with Gasteiger partial charge in [0.25, 0.3) is 0 Å². The van der Waals surface area contributed by atoms with Crippen LogP contribution in [-0.4, -0.2) is 24.3 Å². The summed E-state index contributed by atoms with van der Waals surface area (Å²) in [4.78, 5) is 0. The monoisotopic (exact) mass is 312 g/mol. The zero-order valence-corrected chi connectivity index (χ0v) is 12.6. The van der Waals surface area contributed by atoms with E-state index >= 15 is 0 Å². The van der Waals surface area contributed by atoms with Crippen molar-refractivity contribution in [2.24, 2.45) is 11.3 Å². The van der Waals surface area contributed by atoms with Gasteiger partial charge in [-0.15, -0.1) is 0 Å². The molecule has 22 heavy (non-hydrogen) atoms. The number of alkyl halides is 3. The summed E-state index contributed by atoms with van der Waals surface area (Å²) in [7, 11) is 1.70. The number of rotatable bonds is 7.